The molecule has 0 aliphatic heterocycles. The first kappa shape index (κ1) is 16.2. The summed E-state index contributed by atoms with van der Waals surface area (Å²) < 4.78 is 5.91. The largest absolute Gasteiger partial charge is 0.488 e. The van der Waals surface area contributed by atoms with Crippen molar-refractivity contribution >= 4 is 5.69 Å². The maximum absolute atomic E-state index is 10.9. The Balaban J connectivity index is 1.96. The van der Waals surface area contributed by atoms with Crippen molar-refractivity contribution in [1.82, 2.24) is 0 Å². The number of rotatable bonds is 5. The SMILES string of the molecule is N#Cc1cc([N+](=O)[O-])ccc1-c1ccccc1OCc1ccccc1. The van der Waals surface area contributed by atoms with Gasteiger partial charge in [0.25, 0.3) is 5.69 Å². The van der Waals surface area contributed by atoms with Crippen LogP contribution in [0.3, 0.4) is 0 Å². The number of non-ortho nitro benzene ring substituents is 1. The summed E-state index contributed by atoms with van der Waals surface area (Å²) >= 11 is 0. The maximum Gasteiger partial charge on any atom is 0.270 e. The minimum Gasteiger partial charge on any atom is -0.488 e. The second-order valence-electron chi connectivity index (χ2n) is 5.37. The molecule has 0 aromatic heterocycles. The molecule has 25 heavy (non-hydrogen) atoms. The fraction of sp³-hybridized carbons (Fsp3) is 0.0500. The summed E-state index contributed by atoms with van der Waals surface area (Å²) in [7, 11) is 0. The zero-order chi connectivity index (χ0) is 17.6. The number of nitrogens with zero attached hydrogens (tertiary/aromatic N) is 2. The van der Waals surface area contributed by atoms with E-state index in [4.69, 9.17) is 4.74 Å². The number of hydrogen-bond donors (Lipinski definition) is 0. The number of hydrogen-bond acceptors (Lipinski definition) is 4. The zero-order valence-electron chi connectivity index (χ0n) is 13.3. The predicted octanol–water partition coefficient (Wildman–Crippen LogP) is 4.71. The number of benzene rings is 3. The van der Waals surface area contributed by atoms with Crippen LogP contribution in [0.5, 0.6) is 5.75 Å². The third-order valence-corrected chi connectivity index (χ3v) is 3.75. The summed E-state index contributed by atoms with van der Waals surface area (Å²) in [4.78, 5) is 10.4. The summed E-state index contributed by atoms with van der Waals surface area (Å²) in [5, 5.41) is 20.3. The van der Waals surface area contributed by atoms with E-state index in [0.717, 1.165) is 11.1 Å². The van der Waals surface area contributed by atoms with Gasteiger partial charge in [0.1, 0.15) is 18.4 Å². The third kappa shape index (κ3) is 3.65. The highest BCUT2D eigenvalue weighted by molar-refractivity contribution is 5.76. The van der Waals surface area contributed by atoms with E-state index < -0.39 is 4.92 Å². The first-order valence-corrected chi connectivity index (χ1v) is 7.63. The van der Waals surface area contributed by atoms with E-state index in [1.165, 1.54) is 12.1 Å². The molecular formula is C20H14N2O3. The van der Waals surface area contributed by atoms with Crippen LogP contribution < -0.4 is 4.74 Å². The van der Waals surface area contributed by atoms with Crippen LogP contribution in [0.25, 0.3) is 11.1 Å². The van der Waals surface area contributed by atoms with E-state index in [2.05, 4.69) is 0 Å². The molecule has 0 bridgehead atoms. The van der Waals surface area contributed by atoms with Gasteiger partial charge in [0.05, 0.1) is 10.5 Å². The normalized spacial score (nSPS) is 10.0. The van der Waals surface area contributed by atoms with Gasteiger partial charge in [0, 0.05) is 23.3 Å². The smallest absolute Gasteiger partial charge is 0.270 e. The topological polar surface area (TPSA) is 76.2 Å². The lowest BCUT2D eigenvalue weighted by Crippen LogP contribution is -1.98. The Morgan fingerprint density at radius 2 is 1.68 bits per heavy atom. The van der Waals surface area contributed by atoms with Gasteiger partial charge in [0.2, 0.25) is 0 Å². The number of nitriles is 1. The highest BCUT2D eigenvalue weighted by Gasteiger charge is 2.15. The van der Waals surface area contributed by atoms with Gasteiger partial charge < -0.3 is 4.74 Å². The second-order valence-corrected chi connectivity index (χ2v) is 5.37. The minimum absolute atomic E-state index is 0.108. The Kier molecular flexibility index (Phi) is 4.72. The summed E-state index contributed by atoms with van der Waals surface area (Å²) in [5.41, 5.74) is 2.50. The molecule has 0 aliphatic carbocycles. The first-order chi connectivity index (χ1) is 12.2. The molecule has 5 nitrogen and oxygen atoms in total. The van der Waals surface area contributed by atoms with E-state index in [0.29, 0.717) is 17.9 Å². The fourth-order valence-corrected chi connectivity index (χ4v) is 2.52. The molecule has 3 aromatic carbocycles. The van der Waals surface area contributed by atoms with E-state index in [1.54, 1.807) is 6.07 Å². The van der Waals surface area contributed by atoms with E-state index in [9.17, 15) is 15.4 Å². The van der Waals surface area contributed by atoms with Crippen molar-refractivity contribution in [2.24, 2.45) is 0 Å². The van der Waals surface area contributed by atoms with Crippen molar-refractivity contribution in [1.29, 1.82) is 5.26 Å². The summed E-state index contributed by atoms with van der Waals surface area (Å²) in [6.45, 7) is 0.396. The van der Waals surface area contributed by atoms with Gasteiger partial charge in [0.15, 0.2) is 0 Å². The molecule has 0 aliphatic rings. The summed E-state index contributed by atoms with van der Waals surface area (Å²) in [6, 6.07) is 23.4. The predicted molar refractivity (Wildman–Crippen MR) is 94.0 cm³/mol. The second kappa shape index (κ2) is 7.28. The minimum atomic E-state index is -0.511. The van der Waals surface area contributed by atoms with Crippen LogP contribution in [0.2, 0.25) is 0 Å². The zero-order valence-corrected chi connectivity index (χ0v) is 13.3. The molecule has 3 rings (SSSR count). The summed E-state index contributed by atoms with van der Waals surface area (Å²) in [5.74, 6) is 0.622. The monoisotopic (exact) mass is 330 g/mol. The molecule has 0 radical (unpaired) electrons. The average Bonchev–Trinajstić information content (AvgIpc) is 2.67. The molecule has 122 valence electrons. The Labute approximate surface area is 144 Å². The van der Waals surface area contributed by atoms with Gasteiger partial charge >= 0.3 is 0 Å². The van der Waals surface area contributed by atoms with Crippen molar-refractivity contribution < 1.29 is 9.66 Å². The van der Waals surface area contributed by atoms with Crippen LogP contribution in [0, 0.1) is 21.4 Å². The Morgan fingerprint density at radius 3 is 2.40 bits per heavy atom. The van der Waals surface area contributed by atoms with Crippen molar-refractivity contribution in [2.75, 3.05) is 0 Å². The Bertz CT molecular complexity index is 947. The molecule has 0 atom stereocenters. The van der Waals surface area contributed by atoms with E-state index >= 15 is 0 Å². The summed E-state index contributed by atoms with van der Waals surface area (Å²) in [6.07, 6.45) is 0. The van der Waals surface area contributed by atoms with E-state index in [1.807, 2.05) is 60.7 Å². The van der Waals surface area contributed by atoms with Gasteiger partial charge in [-0.15, -0.1) is 0 Å². The molecule has 0 heterocycles. The molecule has 0 fully saturated rings. The Hall–Kier alpha value is -3.65. The Morgan fingerprint density at radius 1 is 0.960 bits per heavy atom. The molecular weight excluding hydrogens is 316 g/mol. The van der Waals surface area contributed by atoms with Gasteiger partial charge in [-0.3, -0.25) is 10.1 Å². The third-order valence-electron chi connectivity index (χ3n) is 3.75. The van der Waals surface area contributed by atoms with Gasteiger partial charge in [-0.05, 0) is 17.7 Å². The van der Waals surface area contributed by atoms with Crippen molar-refractivity contribution in [3.8, 4) is 22.9 Å². The number of ether oxygens (including phenoxy) is 1. The molecule has 0 unspecified atom stereocenters. The van der Waals surface area contributed by atoms with Crippen LogP contribution in [0.1, 0.15) is 11.1 Å². The van der Waals surface area contributed by atoms with Crippen LogP contribution in [0.15, 0.2) is 72.8 Å². The fourth-order valence-electron chi connectivity index (χ4n) is 2.52. The van der Waals surface area contributed by atoms with Gasteiger partial charge in [-0.2, -0.15) is 5.26 Å². The lowest BCUT2D eigenvalue weighted by Gasteiger charge is -2.12. The molecule has 0 N–H and O–H groups in total. The lowest BCUT2D eigenvalue weighted by molar-refractivity contribution is -0.384. The molecule has 0 spiro atoms. The van der Waals surface area contributed by atoms with Gasteiger partial charge in [-0.1, -0.05) is 48.5 Å². The first-order valence-electron chi connectivity index (χ1n) is 7.63. The van der Waals surface area contributed by atoms with Crippen LogP contribution in [-0.2, 0) is 6.61 Å². The van der Waals surface area contributed by atoms with Gasteiger partial charge in [-0.25, -0.2) is 0 Å². The maximum atomic E-state index is 10.9. The van der Waals surface area contributed by atoms with Crippen molar-refractivity contribution in [3.05, 3.63) is 94.0 Å². The highest BCUT2D eigenvalue weighted by Crippen LogP contribution is 2.34. The van der Waals surface area contributed by atoms with Crippen LogP contribution in [-0.4, -0.2) is 4.92 Å². The molecule has 0 amide bonds. The highest BCUT2D eigenvalue weighted by atomic mass is 16.6. The number of nitro groups is 1. The van der Waals surface area contributed by atoms with Crippen molar-refractivity contribution in [2.45, 2.75) is 6.61 Å². The molecule has 5 heteroatoms. The van der Waals surface area contributed by atoms with Crippen LogP contribution >= 0.6 is 0 Å². The quantitative estimate of drug-likeness (QED) is 0.501. The molecule has 0 saturated heterocycles. The molecule has 3 aromatic rings. The number of nitro benzene ring substituents is 1. The van der Waals surface area contributed by atoms with Crippen LogP contribution in [0.4, 0.5) is 5.69 Å². The van der Waals surface area contributed by atoms with E-state index in [-0.39, 0.29) is 11.3 Å². The lowest BCUT2D eigenvalue weighted by atomic mass is 9.99. The van der Waals surface area contributed by atoms with Crippen molar-refractivity contribution in [3.63, 3.8) is 0 Å². The average molecular weight is 330 g/mol. The number of para-hydroxylation sites is 1. The molecule has 0 saturated carbocycles. The standard InChI is InChI=1S/C20H14N2O3/c21-13-16-12-17(22(23)24)10-11-18(16)19-8-4-5-9-20(19)25-14-15-6-2-1-3-7-15/h1-12H,14H2.